The highest BCUT2D eigenvalue weighted by Gasteiger charge is 2.16. The van der Waals surface area contributed by atoms with Crippen molar-refractivity contribution < 1.29 is 4.92 Å². The van der Waals surface area contributed by atoms with E-state index in [1.807, 2.05) is 0 Å². The number of hydrogen-bond donors (Lipinski definition) is 1. The monoisotopic (exact) mass is 114 g/mol. The summed E-state index contributed by atoms with van der Waals surface area (Å²) in [5.74, 6) is -0.0926. The molecule has 1 aliphatic heterocycles. The van der Waals surface area contributed by atoms with Gasteiger partial charge < -0.3 is 15.4 Å². The van der Waals surface area contributed by atoms with Crippen LogP contribution in [-0.2, 0) is 0 Å². The van der Waals surface area contributed by atoms with Crippen molar-refractivity contribution in [3.05, 3.63) is 22.1 Å². The van der Waals surface area contributed by atoms with E-state index in [9.17, 15) is 10.1 Å². The Labute approximate surface area is 45.5 Å². The first-order valence-corrected chi connectivity index (χ1v) is 2.06. The molecule has 5 heteroatoms. The summed E-state index contributed by atoms with van der Waals surface area (Å²) < 4.78 is 0. The van der Waals surface area contributed by atoms with Crippen molar-refractivity contribution in [1.29, 1.82) is 0 Å². The average molecular weight is 114 g/mol. The molecule has 1 aliphatic rings. The fraction of sp³-hybridized carbons (Fsp3) is 0.333. The van der Waals surface area contributed by atoms with Crippen LogP contribution < -0.4 is 10.6 Å². The van der Waals surface area contributed by atoms with Gasteiger partial charge in [0.1, 0.15) is 0 Å². The first-order valence-electron chi connectivity index (χ1n) is 2.06. The maximum absolute atomic E-state index is 9.81. The second-order valence-corrected chi connectivity index (χ2v) is 1.28. The van der Waals surface area contributed by atoms with Crippen LogP contribution in [0.2, 0.25) is 0 Å². The number of rotatable bonds is 1. The first-order chi connectivity index (χ1) is 3.80. The Balaban J connectivity index is 2.57. The van der Waals surface area contributed by atoms with Crippen LogP contribution in [0.15, 0.2) is 12.0 Å². The van der Waals surface area contributed by atoms with Crippen LogP contribution in [0.5, 0.6) is 0 Å². The molecule has 0 saturated heterocycles. The van der Waals surface area contributed by atoms with E-state index < -0.39 is 4.92 Å². The fourth-order valence-electron chi connectivity index (χ4n) is 0.420. The molecule has 1 rings (SSSR count). The quantitative estimate of drug-likeness (QED) is 0.359. The van der Waals surface area contributed by atoms with Crippen LogP contribution in [0.25, 0.3) is 0 Å². The van der Waals surface area contributed by atoms with Crippen LogP contribution in [0, 0.1) is 10.1 Å². The minimum absolute atomic E-state index is 0.0926. The lowest BCUT2D eigenvalue weighted by atomic mass is 10.8. The van der Waals surface area contributed by atoms with Crippen LogP contribution in [0.1, 0.15) is 0 Å². The molecule has 0 saturated carbocycles. The lowest BCUT2D eigenvalue weighted by Gasteiger charge is -1.85. The van der Waals surface area contributed by atoms with Gasteiger partial charge in [-0.3, -0.25) is 0 Å². The number of nitrogens with one attached hydrogen (secondary N) is 1. The van der Waals surface area contributed by atoms with Crippen LogP contribution in [0.3, 0.4) is 0 Å². The number of hydrogen-bond acceptors (Lipinski definition) is 3. The predicted octanol–water partition coefficient (Wildman–Crippen LogP) is -0.773. The molecule has 0 aromatic rings. The number of nitro groups is 1. The zero-order chi connectivity index (χ0) is 5.98. The van der Waals surface area contributed by atoms with Gasteiger partial charge in [0.25, 0.3) is 0 Å². The zero-order valence-corrected chi connectivity index (χ0v) is 4.00. The third-order valence-corrected chi connectivity index (χ3v) is 0.751. The topological polar surface area (TPSA) is 69.3 Å². The predicted molar refractivity (Wildman–Crippen MR) is 25.2 cm³/mol. The lowest BCUT2D eigenvalue weighted by Crippen LogP contribution is -2.10. The molecule has 0 aromatic heterocycles. The molecule has 0 spiro atoms. The molecule has 0 amide bonds. The average Bonchev–Trinajstić information content (AvgIpc) is 2.12. The first kappa shape index (κ1) is 4.89. The molecule has 1 radical (unpaired) electrons. The van der Waals surface area contributed by atoms with E-state index in [2.05, 4.69) is 10.6 Å². The summed E-state index contributed by atoms with van der Waals surface area (Å²) in [5, 5.41) is 15.9. The molecule has 8 heavy (non-hydrogen) atoms. The fourth-order valence-corrected chi connectivity index (χ4v) is 0.420. The minimum atomic E-state index is -0.528. The van der Waals surface area contributed by atoms with E-state index in [-0.39, 0.29) is 5.82 Å². The Morgan fingerprint density at radius 3 is 3.00 bits per heavy atom. The van der Waals surface area contributed by atoms with Crippen LogP contribution in [0.4, 0.5) is 0 Å². The Bertz CT molecular complexity index is 141. The standard InChI is InChI=1S/C3H4N3O2/c7-6(8)3-1-4-2-5-3/h1,4H,2H2. The van der Waals surface area contributed by atoms with Crippen molar-refractivity contribution in [2.45, 2.75) is 0 Å². The van der Waals surface area contributed by atoms with Crippen LogP contribution in [-0.4, -0.2) is 11.6 Å². The Kier molecular flexibility index (Phi) is 1.03. The van der Waals surface area contributed by atoms with Crippen molar-refractivity contribution in [1.82, 2.24) is 10.6 Å². The lowest BCUT2D eigenvalue weighted by molar-refractivity contribution is -0.431. The third-order valence-electron chi connectivity index (χ3n) is 0.751. The van der Waals surface area contributed by atoms with E-state index in [0.29, 0.717) is 6.67 Å². The number of nitrogens with zero attached hydrogens (tertiary/aromatic N) is 2. The van der Waals surface area contributed by atoms with Gasteiger partial charge in [0.05, 0.1) is 6.20 Å². The summed E-state index contributed by atoms with van der Waals surface area (Å²) in [4.78, 5) is 9.28. The molecular weight excluding hydrogens is 110 g/mol. The maximum atomic E-state index is 9.81. The van der Waals surface area contributed by atoms with E-state index in [0.717, 1.165) is 0 Å². The highest BCUT2D eigenvalue weighted by atomic mass is 16.6. The summed E-state index contributed by atoms with van der Waals surface area (Å²) >= 11 is 0. The zero-order valence-electron chi connectivity index (χ0n) is 4.00. The molecule has 0 fully saturated rings. The van der Waals surface area contributed by atoms with Crippen molar-refractivity contribution in [3.8, 4) is 0 Å². The van der Waals surface area contributed by atoms with Gasteiger partial charge in [0.2, 0.25) is 6.67 Å². The smallest absolute Gasteiger partial charge is 0.358 e. The van der Waals surface area contributed by atoms with E-state index in [1.165, 1.54) is 6.20 Å². The summed E-state index contributed by atoms with van der Waals surface area (Å²) in [7, 11) is 0. The maximum Gasteiger partial charge on any atom is 0.376 e. The molecular formula is C3H4N3O2. The van der Waals surface area contributed by atoms with E-state index in [4.69, 9.17) is 0 Å². The van der Waals surface area contributed by atoms with Gasteiger partial charge in [-0.15, -0.1) is 0 Å². The molecule has 0 atom stereocenters. The Morgan fingerprint density at radius 2 is 2.75 bits per heavy atom. The van der Waals surface area contributed by atoms with Gasteiger partial charge in [-0.05, 0) is 4.92 Å². The van der Waals surface area contributed by atoms with Gasteiger partial charge >= 0.3 is 5.82 Å². The molecule has 0 bridgehead atoms. The van der Waals surface area contributed by atoms with E-state index >= 15 is 0 Å². The highest BCUT2D eigenvalue weighted by molar-refractivity contribution is 4.92. The second-order valence-electron chi connectivity index (χ2n) is 1.28. The van der Waals surface area contributed by atoms with Gasteiger partial charge in [0, 0.05) is 0 Å². The van der Waals surface area contributed by atoms with Gasteiger partial charge in [-0.25, -0.2) is 0 Å². The Morgan fingerprint density at radius 1 is 2.00 bits per heavy atom. The molecule has 0 aromatic carbocycles. The Hall–Kier alpha value is -1.26. The largest absolute Gasteiger partial charge is 0.376 e. The van der Waals surface area contributed by atoms with Gasteiger partial charge in [-0.1, -0.05) is 5.32 Å². The second kappa shape index (κ2) is 1.69. The summed E-state index contributed by atoms with van der Waals surface area (Å²) in [6, 6.07) is 0. The van der Waals surface area contributed by atoms with E-state index in [1.54, 1.807) is 0 Å². The highest BCUT2D eigenvalue weighted by Crippen LogP contribution is 1.92. The molecule has 43 valence electrons. The van der Waals surface area contributed by atoms with Crippen molar-refractivity contribution in [2.24, 2.45) is 0 Å². The van der Waals surface area contributed by atoms with Crippen molar-refractivity contribution in [3.63, 3.8) is 0 Å². The van der Waals surface area contributed by atoms with Crippen molar-refractivity contribution >= 4 is 0 Å². The molecule has 1 heterocycles. The summed E-state index contributed by atoms with van der Waals surface area (Å²) in [5.41, 5.74) is 0. The van der Waals surface area contributed by atoms with Crippen LogP contribution >= 0.6 is 0 Å². The minimum Gasteiger partial charge on any atom is -0.358 e. The SMILES string of the molecule is O=[N+]([O-])C1=CNC[N]1. The van der Waals surface area contributed by atoms with Gasteiger partial charge in [-0.2, -0.15) is 0 Å². The normalized spacial score (nSPS) is 16.2. The molecule has 5 nitrogen and oxygen atoms in total. The van der Waals surface area contributed by atoms with Gasteiger partial charge in [0.15, 0.2) is 0 Å². The molecule has 1 N–H and O–H groups in total. The summed E-state index contributed by atoms with van der Waals surface area (Å²) in [6.45, 7) is 0.330. The molecule has 0 unspecified atom stereocenters. The van der Waals surface area contributed by atoms with Crippen molar-refractivity contribution in [2.75, 3.05) is 6.67 Å². The summed E-state index contributed by atoms with van der Waals surface area (Å²) in [6.07, 6.45) is 1.28. The molecule has 0 aliphatic carbocycles. The third kappa shape index (κ3) is 0.699.